The van der Waals surface area contributed by atoms with E-state index in [0.717, 1.165) is 18.4 Å². The summed E-state index contributed by atoms with van der Waals surface area (Å²) in [7, 11) is 2.93. The third-order valence-corrected chi connectivity index (χ3v) is 10.3. The Kier molecular flexibility index (Phi) is 3.28. The van der Waals surface area contributed by atoms with Gasteiger partial charge in [-0.05, 0) is 44.4 Å². The SMILES string of the molecule is C[C@]1(C#N)C[C@@]23SS[C@@](C)(C(=O)N2[C@@H]1c1ccc2c(c1)OCO2)N(C1CC1)C3=O. The van der Waals surface area contributed by atoms with Crippen molar-refractivity contribution < 1.29 is 19.1 Å². The van der Waals surface area contributed by atoms with Crippen LogP contribution < -0.4 is 9.47 Å². The molecule has 5 aliphatic heterocycles. The van der Waals surface area contributed by atoms with Crippen LogP contribution in [-0.2, 0) is 9.59 Å². The summed E-state index contributed by atoms with van der Waals surface area (Å²) in [4.78, 5) is 29.1. The van der Waals surface area contributed by atoms with Crippen LogP contribution in [0.5, 0.6) is 11.5 Å². The predicted molar refractivity (Wildman–Crippen MR) is 107 cm³/mol. The molecule has 0 N–H and O–H groups in total. The number of piperazine rings is 1. The molecule has 1 saturated carbocycles. The minimum Gasteiger partial charge on any atom is -0.454 e. The van der Waals surface area contributed by atoms with E-state index in [1.807, 2.05) is 36.9 Å². The molecule has 9 heteroatoms. The monoisotopic (exact) mass is 429 g/mol. The summed E-state index contributed by atoms with van der Waals surface area (Å²) in [5.74, 6) is 1.17. The largest absolute Gasteiger partial charge is 0.454 e. The van der Waals surface area contributed by atoms with E-state index in [1.54, 1.807) is 4.90 Å². The lowest BCUT2D eigenvalue weighted by Crippen LogP contribution is -2.75. The Morgan fingerprint density at radius 3 is 2.59 bits per heavy atom. The van der Waals surface area contributed by atoms with Crippen LogP contribution in [0.1, 0.15) is 44.7 Å². The molecule has 1 aliphatic carbocycles. The molecule has 1 spiro atoms. The number of nitriles is 1. The average molecular weight is 430 g/mol. The lowest BCUT2D eigenvalue weighted by molar-refractivity contribution is -0.166. The molecule has 0 unspecified atom stereocenters. The Morgan fingerprint density at radius 1 is 1.10 bits per heavy atom. The molecule has 2 bridgehead atoms. The maximum absolute atomic E-state index is 13.8. The van der Waals surface area contributed by atoms with Crippen molar-refractivity contribution in [3.05, 3.63) is 23.8 Å². The van der Waals surface area contributed by atoms with Gasteiger partial charge in [-0.3, -0.25) is 9.59 Å². The molecule has 4 atom stereocenters. The second-order valence-corrected chi connectivity index (χ2v) is 11.5. The number of carbonyl (C=O) groups is 2. The highest BCUT2D eigenvalue weighted by Crippen LogP contribution is 2.70. The van der Waals surface area contributed by atoms with Crippen molar-refractivity contribution >= 4 is 33.4 Å². The summed E-state index contributed by atoms with van der Waals surface area (Å²) in [6, 6.07) is 7.61. The quantitative estimate of drug-likeness (QED) is 0.668. The zero-order chi connectivity index (χ0) is 20.2. The first-order chi connectivity index (χ1) is 13.8. The van der Waals surface area contributed by atoms with Gasteiger partial charge in [-0.15, -0.1) is 0 Å². The summed E-state index contributed by atoms with van der Waals surface area (Å²) in [6.07, 6.45) is 2.20. The molecule has 1 aromatic rings. The fourth-order valence-electron chi connectivity index (χ4n) is 5.22. The molecule has 5 fully saturated rings. The predicted octanol–water partition coefficient (Wildman–Crippen LogP) is 3.03. The number of ether oxygens (including phenoxy) is 2. The van der Waals surface area contributed by atoms with Gasteiger partial charge in [-0.1, -0.05) is 27.7 Å². The molecule has 6 aliphatic rings. The first-order valence-corrected chi connectivity index (χ1v) is 11.8. The molecule has 7 nitrogen and oxygen atoms in total. The summed E-state index contributed by atoms with van der Waals surface area (Å²) in [5, 5.41) is 10.2. The van der Waals surface area contributed by atoms with Crippen LogP contribution >= 0.6 is 21.6 Å². The Bertz CT molecular complexity index is 1020. The van der Waals surface area contributed by atoms with Gasteiger partial charge in [0.25, 0.3) is 11.8 Å². The van der Waals surface area contributed by atoms with Crippen molar-refractivity contribution in [2.24, 2.45) is 5.41 Å². The van der Waals surface area contributed by atoms with E-state index in [1.165, 1.54) is 21.6 Å². The van der Waals surface area contributed by atoms with Crippen LogP contribution in [0.3, 0.4) is 0 Å². The number of nitrogens with zero attached hydrogens (tertiary/aromatic N) is 3. The lowest BCUT2D eigenvalue weighted by atomic mass is 9.79. The van der Waals surface area contributed by atoms with Crippen molar-refractivity contribution in [3.63, 3.8) is 0 Å². The maximum Gasteiger partial charge on any atom is 0.261 e. The van der Waals surface area contributed by atoms with Gasteiger partial charge in [-0.2, -0.15) is 5.26 Å². The highest BCUT2D eigenvalue weighted by Gasteiger charge is 2.76. The Hall–Kier alpha value is -2.05. The fraction of sp³-hybridized carbons (Fsp3) is 0.550. The van der Waals surface area contributed by atoms with Gasteiger partial charge >= 0.3 is 0 Å². The molecule has 1 aromatic carbocycles. The first-order valence-electron chi connectivity index (χ1n) is 9.69. The molecular formula is C20H19N3O4S2. The van der Waals surface area contributed by atoms with Crippen molar-refractivity contribution in [3.8, 4) is 17.6 Å². The minimum atomic E-state index is -1.03. The maximum atomic E-state index is 13.8. The first kappa shape index (κ1) is 17.8. The van der Waals surface area contributed by atoms with Crippen molar-refractivity contribution in [1.29, 1.82) is 5.26 Å². The van der Waals surface area contributed by atoms with Crippen molar-refractivity contribution in [1.82, 2.24) is 9.80 Å². The van der Waals surface area contributed by atoms with Crippen LogP contribution in [0, 0.1) is 16.7 Å². The fourth-order valence-corrected chi connectivity index (χ4v) is 8.79. The van der Waals surface area contributed by atoms with Gasteiger partial charge in [-0.25, -0.2) is 0 Å². The Balaban J connectivity index is 1.53. The molecule has 0 radical (unpaired) electrons. The second-order valence-electron chi connectivity index (χ2n) is 8.74. The molecule has 29 heavy (non-hydrogen) atoms. The van der Waals surface area contributed by atoms with E-state index >= 15 is 0 Å². The zero-order valence-corrected chi connectivity index (χ0v) is 17.6. The molecule has 2 amide bonds. The standard InChI is InChI=1S/C20H19N3O4S2/c1-18(9-21)8-20-17(25)22(12-4-5-12)19(2,28-29-20)16(24)23(20)15(18)11-3-6-13-14(7-11)27-10-26-13/h3,6-7,12,15H,4-5,8,10H2,1-2H3/t15-,18-,19+,20+/m1/s1. The van der Waals surface area contributed by atoms with Crippen LogP contribution in [0.2, 0.25) is 0 Å². The normalized spacial score (nSPS) is 39.7. The number of hydrogen-bond donors (Lipinski definition) is 0. The summed E-state index contributed by atoms with van der Waals surface area (Å²) in [6.45, 7) is 3.87. The number of carbonyl (C=O) groups excluding carboxylic acids is 2. The number of benzene rings is 1. The number of hydrogen-bond acceptors (Lipinski definition) is 7. The van der Waals surface area contributed by atoms with Gasteiger partial charge in [0.2, 0.25) is 6.79 Å². The van der Waals surface area contributed by atoms with Gasteiger partial charge in [0, 0.05) is 12.5 Å². The minimum absolute atomic E-state index is 0.0180. The van der Waals surface area contributed by atoms with Crippen molar-refractivity contribution in [2.45, 2.75) is 54.9 Å². The van der Waals surface area contributed by atoms with Gasteiger partial charge in [0.15, 0.2) is 21.2 Å². The van der Waals surface area contributed by atoms with Crippen LogP contribution in [-0.4, -0.2) is 44.2 Å². The van der Waals surface area contributed by atoms with Gasteiger partial charge in [0.05, 0.1) is 17.5 Å². The van der Waals surface area contributed by atoms with E-state index in [4.69, 9.17) is 9.47 Å². The number of rotatable bonds is 2. The summed E-state index contributed by atoms with van der Waals surface area (Å²) in [5.41, 5.74) is -0.0896. The second kappa shape index (κ2) is 5.35. The average Bonchev–Trinajstić information content (AvgIpc) is 3.34. The third kappa shape index (κ3) is 2.01. The zero-order valence-electron chi connectivity index (χ0n) is 16.0. The Labute approximate surface area is 176 Å². The van der Waals surface area contributed by atoms with Crippen LogP contribution in [0.15, 0.2) is 18.2 Å². The van der Waals surface area contributed by atoms with Crippen molar-refractivity contribution in [2.75, 3.05) is 6.79 Å². The third-order valence-electron chi connectivity index (χ3n) is 6.71. The smallest absolute Gasteiger partial charge is 0.261 e. The molecule has 7 rings (SSSR count). The Morgan fingerprint density at radius 2 is 1.86 bits per heavy atom. The molecular weight excluding hydrogens is 410 g/mol. The lowest BCUT2D eigenvalue weighted by Gasteiger charge is -2.58. The van der Waals surface area contributed by atoms with Gasteiger partial charge in [0.1, 0.15) is 0 Å². The topological polar surface area (TPSA) is 82.9 Å². The molecule has 150 valence electrons. The van der Waals surface area contributed by atoms with Gasteiger partial charge < -0.3 is 19.3 Å². The van der Waals surface area contributed by atoms with Crippen LogP contribution in [0.25, 0.3) is 0 Å². The highest BCUT2D eigenvalue weighted by molar-refractivity contribution is 8.78. The highest BCUT2D eigenvalue weighted by atomic mass is 33.1. The van der Waals surface area contributed by atoms with E-state index in [2.05, 4.69) is 6.07 Å². The summed E-state index contributed by atoms with van der Waals surface area (Å²) < 4.78 is 10.9. The molecule has 4 saturated heterocycles. The molecule has 0 aromatic heterocycles. The van der Waals surface area contributed by atoms with E-state index < -0.39 is 21.2 Å². The molecule has 5 heterocycles. The van der Waals surface area contributed by atoms with Crippen LogP contribution in [0.4, 0.5) is 0 Å². The number of amides is 2. The van der Waals surface area contributed by atoms with E-state index in [-0.39, 0.29) is 24.6 Å². The number of fused-ring (bicyclic) bond motifs is 3. The van der Waals surface area contributed by atoms with E-state index in [0.29, 0.717) is 17.9 Å². The summed E-state index contributed by atoms with van der Waals surface area (Å²) >= 11 is 0. The van der Waals surface area contributed by atoms with E-state index in [9.17, 15) is 14.9 Å².